The fourth-order valence-electron chi connectivity index (χ4n) is 4.27. The van der Waals surface area contributed by atoms with Gasteiger partial charge in [0.1, 0.15) is 18.3 Å². The minimum absolute atomic E-state index is 0.142. The second-order valence-electron chi connectivity index (χ2n) is 8.93. The summed E-state index contributed by atoms with van der Waals surface area (Å²) < 4.78 is 44.6. The molecule has 1 unspecified atom stereocenters. The molecule has 4 heterocycles. The lowest BCUT2D eigenvalue weighted by atomic mass is 10.1. The summed E-state index contributed by atoms with van der Waals surface area (Å²) in [5.74, 6) is -6.69. The summed E-state index contributed by atoms with van der Waals surface area (Å²) in [7, 11) is 0. The summed E-state index contributed by atoms with van der Waals surface area (Å²) in [6.07, 6.45) is -0.205. The summed E-state index contributed by atoms with van der Waals surface area (Å²) in [4.78, 5) is 39.1. The lowest BCUT2D eigenvalue weighted by Crippen LogP contribution is -2.45. The fourth-order valence-corrected chi connectivity index (χ4v) is 4.27. The van der Waals surface area contributed by atoms with Crippen LogP contribution in [0.1, 0.15) is 22.3 Å². The van der Waals surface area contributed by atoms with E-state index in [-0.39, 0.29) is 37.6 Å². The van der Waals surface area contributed by atoms with Crippen molar-refractivity contribution in [2.75, 3.05) is 23.7 Å². The number of nitrogen functional groups attached to an aromatic ring is 1. The zero-order valence-corrected chi connectivity index (χ0v) is 20.6. The van der Waals surface area contributed by atoms with E-state index in [1.54, 1.807) is 0 Å². The Morgan fingerprint density at radius 2 is 1.82 bits per heavy atom. The van der Waals surface area contributed by atoms with E-state index < -0.39 is 57.5 Å². The number of β-amino-alcohol motifs (C(OH)–C–C–N with tert-alkyl or cyclic N) is 1. The Morgan fingerprint density at radius 3 is 2.52 bits per heavy atom. The maximum Gasteiger partial charge on any atom is 0.341 e. The Balaban J connectivity index is 1.51. The van der Waals surface area contributed by atoms with E-state index in [4.69, 9.17) is 10.6 Å². The van der Waals surface area contributed by atoms with Gasteiger partial charge in [0.25, 0.3) is 0 Å². The summed E-state index contributed by atoms with van der Waals surface area (Å²) in [5, 5.41) is 23.6. The number of aromatic carboxylic acids is 1. The molecule has 0 radical (unpaired) electrons. The number of aliphatic hydroxyl groups is 1. The molecule has 3 aromatic heterocycles. The van der Waals surface area contributed by atoms with Gasteiger partial charge in [0.05, 0.1) is 17.6 Å². The average Bonchev–Trinajstić information content (AvgIpc) is 2.92. The van der Waals surface area contributed by atoms with Crippen LogP contribution in [-0.2, 0) is 11.4 Å². The number of rotatable bonds is 6. The SMILES string of the molecule is Nc1nc(-n2cc(C(=O)O)c(=O)c3cc(F)c(N4CC/C(=N\OCc5ccccc5)C(O)C4)nc32)c(F)cc1F. The Labute approximate surface area is 223 Å². The topological polar surface area (TPSA) is 156 Å². The highest BCUT2D eigenvalue weighted by molar-refractivity contribution is 5.93. The van der Waals surface area contributed by atoms with Crippen LogP contribution in [0.5, 0.6) is 0 Å². The van der Waals surface area contributed by atoms with Crippen LogP contribution in [0.25, 0.3) is 16.9 Å². The first-order chi connectivity index (χ1) is 19.1. The van der Waals surface area contributed by atoms with E-state index in [0.29, 0.717) is 11.8 Å². The van der Waals surface area contributed by atoms with Gasteiger partial charge < -0.3 is 25.7 Å². The number of carboxylic acids is 1. The van der Waals surface area contributed by atoms with Gasteiger partial charge in [-0.15, -0.1) is 0 Å². The van der Waals surface area contributed by atoms with E-state index in [0.717, 1.165) is 22.4 Å². The van der Waals surface area contributed by atoms with Crippen molar-refractivity contribution in [3.05, 3.63) is 87.5 Å². The third-order valence-electron chi connectivity index (χ3n) is 6.28. The molecule has 40 heavy (non-hydrogen) atoms. The smallest absolute Gasteiger partial charge is 0.341 e. The van der Waals surface area contributed by atoms with E-state index >= 15 is 4.39 Å². The molecule has 4 aromatic rings. The van der Waals surface area contributed by atoms with Crippen molar-refractivity contribution >= 4 is 34.4 Å². The molecule has 0 spiro atoms. The molecule has 1 saturated heterocycles. The number of nitrogens with two attached hydrogens (primary N) is 1. The van der Waals surface area contributed by atoms with Crippen molar-refractivity contribution in [2.24, 2.45) is 5.16 Å². The number of carboxylic acid groups (broad SMARTS) is 1. The highest BCUT2D eigenvalue weighted by Crippen LogP contribution is 2.27. The van der Waals surface area contributed by atoms with Crippen LogP contribution in [0.4, 0.5) is 24.8 Å². The van der Waals surface area contributed by atoms with Gasteiger partial charge >= 0.3 is 5.97 Å². The number of aromatic nitrogens is 3. The van der Waals surface area contributed by atoms with Gasteiger partial charge in [-0.05, 0) is 11.6 Å². The van der Waals surface area contributed by atoms with Crippen molar-refractivity contribution in [2.45, 2.75) is 19.1 Å². The fraction of sp³-hybridized carbons (Fsp3) is 0.192. The minimum atomic E-state index is -1.67. The largest absolute Gasteiger partial charge is 0.477 e. The van der Waals surface area contributed by atoms with E-state index in [1.807, 2.05) is 30.3 Å². The van der Waals surface area contributed by atoms with E-state index in [2.05, 4.69) is 15.1 Å². The predicted molar refractivity (Wildman–Crippen MR) is 138 cm³/mol. The highest BCUT2D eigenvalue weighted by atomic mass is 19.1. The van der Waals surface area contributed by atoms with Gasteiger partial charge in [-0.3, -0.25) is 9.36 Å². The number of hydrogen-bond acceptors (Lipinski definition) is 9. The molecular weight excluding hydrogens is 533 g/mol. The standard InChI is InChI=1S/C26H21F3N6O5/c27-16-9-18(29)25(31-22(16)30)35-10-15(26(38)39)21(37)14-8-17(28)24(32-23(14)35)34-7-6-19(20(36)11-34)33-40-12-13-4-2-1-3-5-13/h1-5,8-10,20,36H,6-7,11-12H2,(H2,30,31)(H,38,39)/b33-19+. The number of anilines is 2. The number of piperidine rings is 1. The maximum atomic E-state index is 15.3. The van der Waals surface area contributed by atoms with Crippen molar-refractivity contribution in [3.8, 4) is 5.82 Å². The Hall–Kier alpha value is -4.98. The van der Waals surface area contributed by atoms with Crippen LogP contribution >= 0.6 is 0 Å². The second kappa shape index (κ2) is 10.6. The predicted octanol–water partition coefficient (Wildman–Crippen LogP) is 2.62. The van der Waals surface area contributed by atoms with Gasteiger partial charge in [-0.1, -0.05) is 35.5 Å². The normalized spacial score (nSPS) is 16.4. The number of benzene rings is 1. The van der Waals surface area contributed by atoms with Gasteiger partial charge in [0, 0.05) is 25.2 Å². The first-order valence-corrected chi connectivity index (χ1v) is 11.9. The molecule has 1 fully saturated rings. The molecule has 0 aliphatic carbocycles. The zero-order valence-electron chi connectivity index (χ0n) is 20.6. The summed E-state index contributed by atoms with van der Waals surface area (Å²) in [6, 6.07) is 10.5. The number of pyridine rings is 3. The highest BCUT2D eigenvalue weighted by Gasteiger charge is 2.29. The van der Waals surface area contributed by atoms with Crippen LogP contribution in [0, 0.1) is 17.5 Å². The first-order valence-electron chi connectivity index (χ1n) is 11.9. The van der Waals surface area contributed by atoms with Crippen LogP contribution in [0.2, 0.25) is 0 Å². The summed E-state index contributed by atoms with van der Waals surface area (Å²) >= 11 is 0. The molecule has 4 N–H and O–H groups in total. The van der Waals surface area contributed by atoms with Crippen LogP contribution < -0.4 is 16.1 Å². The molecule has 1 aliphatic rings. The molecule has 11 nitrogen and oxygen atoms in total. The summed E-state index contributed by atoms with van der Waals surface area (Å²) in [6.45, 7) is 0.195. The molecule has 5 rings (SSSR count). The number of hydrogen-bond donors (Lipinski definition) is 3. The number of nitrogens with zero attached hydrogens (tertiary/aromatic N) is 5. The zero-order chi connectivity index (χ0) is 28.6. The van der Waals surface area contributed by atoms with Crippen molar-refractivity contribution in [1.82, 2.24) is 14.5 Å². The Bertz CT molecular complexity index is 1710. The van der Waals surface area contributed by atoms with Crippen molar-refractivity contribution < 1.29 is 33.0 Å². The quantitative estimate of drug-likeness (QED) is 0.305. The lowest BCUT2D eigenvalue weighted by Gasteiger charge is -2.32. The van der Waals surface area contributed by atoms with Gasteiger partial charge in [0.15, 0.2) is 40.6 Å². The molecule has 1 aliphatic heterocycles. The first kappa shape index (κ1) is 26.6. The third kappa shape index (κ3) is 5.03. The van der Waals surface area contributed by atoms with Gasteiger partial charge in [-0.25, -0.2) is 27.9 Å². The summed E-state index contributed by atoms with van der Waals surface area (Å²) in [5.41, 5.74) is 4.45. The molecule has 0 saturated carbocycles. The lowest BCUT2D eigenvalue weighted by molar-refractivity contribution is 0.0695. The van der Waals surface area contributed by atoms with Crippen LogP contribution in [-0.4, -0.2) is 55.6 Å². The van der Waals surface area contributed by atoms with Gasteiger partial charge in [-0.2, -0.15) is 0 Å². The molecular formula is C26H21F3N6O5. The Kier molecular flexibility index (Phi) is 7.09. The number of halogens is 3. The van der Waals surface area contributed by atoms with E-state index in [9.17, 15) is 28.6 Å². The van der Waals surface area contributed by atoms with Crippen LogP contribution in [0.15, 0.2) is 58.6 Å². The third-order valence-corrected chi connectivity index (χ3v) is 6.28. The van der Waals surface area contributed by atoms with Crippen LogP contribution in [0.3, 0.4) is 0 Å². The number of aliphatic hydroxyl groups excluding tert-OH is 1. The maximum absolute atomic E-state index is 15.3. The number of fused-ring (bicyclic) bond motifs is 1. The monoisotopic (exact) mass is 554 g/mol. The number of carbonyl (C=O) groups is 1. The number of oxime groups is 1. The second-order valence-corrected chi connectivity index (χ2v) is 8.93. The molecule has 14 heteroatoms. The van der Waals surface area contributed by atoms with Crippen molar-refractivity contribution in [3.63, 3.8) is 0 Å². The average molecular weight is 554 g/mol. The molecule has 0 amide bonds. The van der Waals surface area contributed by atoms with Crippen molar-refractivity contribution in [1.29, 1.82) is 0 Å². The molecule has 1 aromatic carbocycles. The van der Waals surface area contributed by atoms with Gasteiger partial charge in [0.2, 0.25) is 5.43 Å². The van der Waals surface area contributed by atoms with E-state index in [1.165, 1.54) is 4.90 Å². The minimum Gasteiger partial charge on any atom is -0.477 e. The molecule has 206 valence electrons. The molecule has 1 atom stereocenters. The molecule has 0 bridgehead atoms. The Morgan fingerprint density at radius 1 is 1.10 bits per heavy atom.